The molecule has 0 spiro atoms. The predicted molar refractivity (Wildman–Crippen MR) is 104 cm³/mol. The normalized spacial score (nSPS) is 15.1. The first-order valence-electron chi connectivity index (χ1n) is 9.69. The van der Waals surface area contributed by atoms with E-state index in [9.17, 15) is 31.1 Å². The number of halogens is 6. The maximum absolute atomic E-state index is 13.9. The number of rotatable bonds is 3. The molecule has 0 aliphatic carbocycles. The van der Waals surface area contributed by atoms with Crippen LogP contribution in [0.15, 0.2) is 49.1 Å². The van der Waals surface area contributed by atoms with E-state index in [4.69, 9.17) is 0 Å². The zero-order chi connectivity index (χ0) is 23.8. The van der Waals surface area contributed by atoms with Crippen LogP contribution in [0.25, 0.3) is 5.69 Å². The minimum absolute atomic E-state index is 0.126. The van der Waals surface area contributed by atoms with Gasteiger partial charge in [0, 0.05) is 38.6 Å². The third-order valence-corrected chi connectivity index (χ3v) is 5.13. The number of nitrogens with zero attached hydrogens (tertiary/aromatic N) is 6. The van der Waals surface area contributed by atoms with Crippen LogP contribution >= 0.6 is 0 Å². The van der Waals surface area contributed by atoms with E-state index in [0.29, 0.717) is 29.7 Å². The second kappa shape index (κ2) is 8.37. The zero-order valence-corrected chi connectivity index (χ0v) is 16.8. The van der Waals surface area contributed by atoms with E-state index in [0.717, 1.165) is 24.4 Å². The Balaban J connectivity index is 1.62. The third kappa shape index (κ3) is 4.61. The SMILES string of the molecule is O=C(c1cnn(-c2cccc(C(F)(F)F)c2)c1C(F)(F)F)N1CCN(c2cnccn2)CC1. The zero-order valence-electron chi connectivity index (χ0n) is 16.8. The topological polar surface area (TPSA) is 67.2 Å². The molecule has 0 radical (unpaired) electrons. The molecule has 2 aromatic heterocycles. The van der Waals surface area contributed by atoms with Crippen molar-refractivity contribution in [3.05, 3.63) is 65.9 Å². The van der Waals surface area contributed by atoms with Crippen molar-refractivity contribution in [1.82, 2.24) is 24.6 Å². The van der Waals surface area contributed by atoms with Gasteiger partial charge in [0.25, 0.3) is 5.91 Å². The summed E-state index contributed by atoms with van der Waals surface area (Å²) in [6.45, 7) is 0.907. The number of benzene rings is 1. The molecule has 174 valence electrons. The van der Waals surface area contributed by atoms with Crippen LogP contribution in [0.5, 0.6) is 0 Å². The smallest absolute Gasteiger partial charge is 0.352 e. The number of hydrogen-bond acceptors (Lipinski definition) is 5. The fraction of sp³-hybridized carbons (Fsp3) is 0.300. The van der Waals surface area contributed by atoms with E-state index in [2.05, 4.69) is 15.1 Å². The number of carbonyl (C=O) groups is 1. The van der Waals surface area contributed by atoms with Crippen molar-refractivity contribution in [2.75, 3.05) is 31.1 Å². The molecule has 1 amide bonds. The highest BCUT2D eigenvalue weighted by Gasteiger charge is 2.42. The second-order valence-corrected chi connectivity index (χ2v) is 7.21. The van der Waals surface area contributed by atoms with E-state index in [1.54, 1.807) is 6.20 Å². The van der Waals surface area contributed by atoms with Crippen LogP contribution in [0.3, 0.4) is 0 Å². The van der Waals surface area contributed by atoms with Gasteiger partial charge in [0.2, 0.25) is 0 Å². The Labute approximate surface area is 183 Å². The molecule has 33 heavy (non-hydrogen) atoms. The summed E-state index contributed by atoms with van der Waals surface area (Å²) >= 11 is 0. The first kappa shape index (κ1) is 22.6. The van der Waals surface area contributed by atoms with Gasteiger partial charge in [-0.25, -0.2) is 9.67 Å². The lowest BCUT2D eigenvalue weighted by Crippen LogP contribution is -2.49. The summed E-state index contributed by atoms with van der Waals surface area (Å²) in [6, 6.07) is 3.33. The summed E-state index contributed by atoms with van der Waals surface area (Å²) in [4.78, 5) is 24.1. The molecule has 0 unspecified atom stereocenters. The van der Waals surface area contributed by atoms with E-state index >= 15 is 0 Å². The second-order valence-electron chi connectivity index (χ2n) is 7.21. The number of alkyl halides is 6. The van der Waals surface area contributed by atoms with Gasteiger partial charge >= 0.3 is 12.4 Å². The molecule has 1 aliphatic heterocycles. The molecule has 7 nitrogen and oxygen atoms in total. The number of hydrogen-bond donors (Lipinski definition) is 0. The Bertz CT molecular complexity index is 1140. The summed E-state index contributed by atoms with van der Waals surface area (Å²) in [6.07, 6.45) is -4.49. The maximum Gasteiger partial charge on any atom is 0.434 e. The van der Waals surface area contributed by atoms with Crippen LogP contribution in [0.1, 0.15) is 21.6 Å². The van der Waals surface area contributed by atoms with Crippen LogP contribution in [0, 0.1) is 0 Å². The highest BCUT2D eigenvalue weighted by Crippen LogP contribution is 2.36. The van der Waals surface area contributed by atoms with Crippen LogP contribution < -0.4 is 4.90 Å². The van der Waals surface area contributed by atoms with Crippen molar-refractivity contribution in [2.45, 2.75) is 12.4 Å². The Morgan fingerprint density at radius 2 is 1.64 bits per heavy atom. The molecule has 3 heterocycles. The third-order valence-electron chi connectivity index (χ3n) is 5.13. The van der Waals surface area contributed by atoms with Crippen LogP contribution in [0.2, 0.25) is 0 Å². The minimum atomic E-state index is -5.03. The molecule has 1 fully saturated rings. The molecule has 3 aromatic rings. The van der Waals surface area contributed by atoms with Gasteiger partial charge in [0.05, 0.1) is 29.2 Å². The Morgan fingerprint density at radius 3 is 2.24 bits per heavy atom. The molecule has 0 atom stereocenters. The number of anilines is 1. The number of amides is 1. The maximum atomic E-state index is 13.9. The Kier molecular flexibility index (Phi) is 5.72. The number of piperazine rings is 1. The lowest BCUT2D eigenvalue weighted by molar-refractivity contribution is -0.143. The van der Waals surface area contributed by atoms with E-state index < -0.39 is 40.8 Å². The fourth-order valence-electron chi connectivity index (χ4n) is 3.55. The van der Waals surface area contributed by atoms with Crippen LogP contribution in [-0.4, -0.2) is 56.7 Å². The summed E-state index contributed by atoms with van der Waals surface area (Å²) in [5.41, 5.74) is -3.74. The molecule has 4 rings (SSSR count). The monoisotopic (exact) mass is 470 g/mol. The van der Waals surface area contributed by atoms with Gasteiger partial charge in [-0.1, -0.05) is 6.07 Å². The van der Waals surface area contributed by atoms with Crippen molar-refractivity contribution >= 4 is 11.7 Å². The molecule has 0 bridgehead atoms. The van der Waals surface area contributed by atoms with Crippen molar-refractivity contribution in [2.24, 2.45) is 0 Å². The van der Waals surface area contributed by atoms with E-state index in [-0.39, 0.29) is 13.1 Å². The first-order chi connectivity index (χ1) is 15.6. The van der Waals surface area contributed by atoms with Gasteiger partial charge in [-0.3, -0.25) is 9.78 Å². The number of aromatic nitrogens is 4. The summed E-state index contributed by atoms with van der Waals surface area (Å²) < 4.78 is 81.1. The summed E-state index contributed by atoms with van der Waals surface area (Å²) in [7, 11) is 0. The largest absolute Gasteiger partial charge is 0.434 e. The molecule has 1 aromatic carbocycles. The van der Waals surface area contributed by atoms with Crippen molar-refractivity contribution in [3.8, 4) is 5.69 Å². The van der Waals surface area contributed by atoms with Gasteiger partial charge in [0.15, 0.2) is 5.69 Å². The lowest BCUT2D eigenvalue weighted by Gasteiger charge is -2.35. The van der Waals surface area contributed by atoms with E-state index in [1.807, 2.05) is 4.90 Å². The minimum Gasteiger partial charge on any atom is -0.352 e. The molecule has 1 aliphatic rings. The first-order valence-corrected chi connectivity index (χ1v) is 9.69. The highest BCUT2D eigenvalue weighted by molar-refractivity contribution is 5.95. The van der Waals surface area contributed by atoms with Crippen LogP contribution in [0.4, 0.5) is 32.2 Å². The van der Waals surface area contributed by atoms with Crippen molar-refractivity contribution in [3.63, 3.8) is 0 Å². The Hall–Kier alpha value is -3.64. The molecule has 0 saturated carbocycles. The van der Waals surface area contributed by atoms with Gasteiger partial charge in [-0.15, -0.1) is 0 Å². The predicted octanol–water partition coefficient (Wildman–Crippen LogP) is 3.66. The molecular formula is C20H16F6N6O. The van der Waals surface area contributed by atoms with Gasteiger partial charge in [-0.2, -0.15) is 31.4 Å². The molecular weight excluding hydrogens is 454 g/mol. The molecule has 13 heteroatoms. The van der Waals surface area contributed by atoms with Gasteiger partial charge < -0.3 is 9.80 Å². The average molecular weight is 470 g/mol. The lowest BCUT2D eigenvalue weighted by atomic mass is 10.1. The summed E-state index contributed by atoms with van der Waals surface area (Å²) in [5, 5.41) is 3.61. The summed E-state index contributed by atoms with van der Waals surface area (Å²) in [5.74, 6) is -0.322. The van der Waals surface area contributed by atoms with Crippen molar-refractivity contribution in [1.29, 1.82) is 0 Å². The van der Waals surface area contributed by atoms with Gasteiger partial charge in [0.1, 0.15) is 5.82 Å². The van der Waals surface area contributed by atoms with E-state index in [1.165, 1.54) is 17.3 Å². The van der Waals surface area contributed by atoms with Crippen molar-refractivity contribution < 1.29 is 31.1 Å². The fourth-order valence-corrected chi connectivity index (χ4v) is 3.55. The molecule has 1 saturated heterocycles. The highest BCUT2D eigenvalue weighted by atomic mass is 19.4. The Morgan fingerprint density at radius 1 is 0.909 bits per heavy atom. The van der Waals surface area contributed by atoms with Gasteiger partial charge in [-0.05, 0) is 18.2 Å². The van der Waals surface area contributed by atoms with Crippen LogP contribution in [-0.2, 0) is 12.4 Å². The standard InChI is InChI=1S/C20H16F6N6O/c21-19(22,23)13-2-1-3-14(10-13)32-17(20(24,25)26)15(11-29-32)18(33)31-8-6-30(7-9-31)16-12-27-4-5-28-16/h1-5,10-12H,6-9H2. The molecule has 0 N–H and O–H groups in total. The number of carbonyl (C=O) groups excluding carboxylic acids is 1. The quantitative estimate of drug-likeness (QED) is 0.547. The average Bonchev–Trinajstić information content (AvgIpc) is 3.25.